The number of benzene rings is 1. The highest BCUT2D eigenvalue weighted by atomic mass is 35.5. The van der Waals surface area contributed by atoms with E-state index >= 15 is 0 Å². The lowest BCUT2D eigenvalue weighted by molar-refractivity contribution is -0.135. The van der Waals surface area contributed by atoms with E-state index in [4.69, 9.17) is 16.0 Å². The minimum absolute atomic E-state index is 0.217. The third kappa shape index (κ3) is 6.81. The van der Waals surface area contributed by atoms with Crippen LogP contribution in [0.2, 0.25) is 5.02 Å². The molecule has 0 saturated heterocycles. The number of thioether (sulfide) groups is 1. The molecule has 2 saturated carbocycles. The summed E-state index contributed by atoms with van der Waals surface area (Å²) < 4.78 is 5.85. The van der Waals surface area contributed by atoms with Gasteiger partial charge in [-0.05, 0) is 43.9 Å². The summed E-state index contributed by atoms with van der Waals surface area (Å²) in [5.41, 5.74) is 1.74. The van der Waals surface area contributed by atoms with E-state index in [1.54, 1.807) is 0 Å². The highest BCUT2D eigenvalue weighted by Gasteiger charge is 2.32. The SMILES string of the molecule is O=C(CSc1nnc(Cc2csc(Nc3cccc(Cl)c3)n2)o1)N(C1CCCCC1)C1CCCCC1. The van der Waals surface area contributed by atoms with E-state index in [1.807, 2.05) is 29.6 Å². The predicted octanol–water partition coefficient (Wildman–Crippen LogP) is 7.10. The monoisotopic (exact) mass is 545 g/mol. The zero-order valence-corrected chi connectivity index (χ0v) is 22.7. The number of anilines is 2. The van der Waals surface area contributed by atoms with Crippen molar-refractivity contribution in [2.24, 2.45) is 0 Å². The maximum atomic E-state index is 13.4. The number of thiazole rings is 1. The summed E-state index contributed by atoms with van der Waals surface area (Å²) in [6, 6.07) is 8.32. The van der Waals surface area contributed by atoms with Crippen LogP contribution in [-0.2, 0) is 11.2 Å². The van der Waals surface area contributed by atoms with Crippen molar-refractivity contribution in [1.82, 2.24) is 20.1 Å². The normalized spacial score (nSPS) is 17.2. The Balaban J connectivity index is 1.16. The van der Waals surface area contributed by atoms with E-state index in [-0.39, 0.29) is 5.91 Å². The van der Waals surface area contributed by atoms with Crippen molar-refractivity contribution in [3.63, 3.8) is 0 Å². The van der Waals surface area contributed by atoms with Gasteiger partial charge < -0.3 is 14.6 Å². The van der Waals surface area contributed by atoms with E-state index in [9.17, 15) is 4.79 Å². The number of hydrogen-bond donors (Lipinski definition) is 1. The fraction of sp³-hybridized carbons (Fsp3) is 0.538. The lowest BCUT2D eigenvalue weighted by Gasteiger charge is -2.41. The van der Waals surface area contributed by atoms with Crippen molar-refractivity contribution in [3.8, 4) is 0 Å². The maximum Gasteiger partial charge on any atom is 0.277 e. The van der Waals surface area contributed by atoms with E-state index in [2.05, 4.69) is 25.4 Å². The Morgan fingerprint density at radius 1 is 1.08 bits per heavy atom. The number of rotatable bonds is 9. The molecule has 2 aromatic heterocycles. The molecule has 0 atom stereocenters. The number of halogens is 1. The molecule has 36 heavy (non-hydrogen) atoms. The molecule has 0 bridgehead atoms. The first-order valence-corrected chi connectivity index (χ1v) is 15.1. The second-order valence-corrected chi connectivity index (χ2v) is 11.8. The summed E-state index contributed by atoms with van der Waals surface area (Å²) in [5.74, 6) is 1.06. The van der Waals surface area contributed by atoms with Gasteiger partial charge in [0.25, 0.3) is 5.22 Å². The average molecular weight is 546 g/mol. The fourth-order valence-electron chi connectivity index (χ4n) is 5.28. The molecule has 192 valence electrons. The summed E-state index contributed by atoms with van der Waals surface area (Å²) in [6.07, 6.45) is 12.5. The van der Waals surface area contributed by atoms with Crippen LogP contribution >= 0.6 is 34.7 Å². The summed E-state index contributed by atoms with van der Waals surface area (Å²) in [4.78, 5) is 20.2. The number of carbonyl (C=O) groups excluding carboxylic acids is 1. The summed E-state index contributed by atoms with van der Waals surface area (Å²) >= 11 is 8.92. The molecule has 2 aliphatic carbocycles. The van der Waals surface area contributed by atoms with E-state index in [1.165, 1.54) is 61.6 Å². The third-order valence-electron chi connectivity index (χ3n) is 6.95. The van der Waals surface area contributed by atoms with Gasteiger partial charge in [0.2, 0.25) is 11.8 Å². The standard InChI is InChI=1S/C26H32ClN5O2S2/c27-18-8-7-9-19(14-18)28-25-29-20(16-35-25)15-23-30-31-26(34-23)36-17-24(33)32(21-10-3-1-4-11-21)22-12-5-2-6-13-22/h7-9,14,16,21-22H,1-6,10-13,15,17H2,(H,28,29). The molecule has 2 fully saturated rings. The number of nitrogens with zero attached hydrogens (tertiary/aromatic N) is 4. The van der Waals surface area contributed by atoms with Crippen LogP contribution in [-0.4, -0.2) is 43.8 Å². The Morgan fingerprint density at radius 2 is 1.81 bits per heavy atom. The smallest absolute Gasteiger partial charge is 0.277 e. The molecule has 1 N–H and O–H groups in total. The van der Waals surface area contributed by atoms with Crippen LogP contribution in [0.25, 0.3) is 0 Å². The number of amides is 1. The van der Waals surface area contributed by atoms with Crippen molar-refractivity contribution in [1.29, 1.82) is 0 Å². The molecule has 0 unspecified atom stereocenters. The number of carbonyl (C=O) groups is 1. The van der Waals surface area contributed by atoms with Gasteiger partial charge >= 0.3 is 0 Å². The van der Waals surface area contributed by atoms with Gasteiger partial charge in [-0.3, -0.25) is 4.79 Å². The highest BCUT2D eigenvalue weighted by Crippen LogP contribution is 2.31. The lowest BCUT2D eigenvalue weighted by atomic mass is 9.88. The first-order chi connectivity index (χ1) is 17.6. The molecule has 2 heterocycles. The average Bonchev–Trinajstić information content (AvgIpc) is 3.53. The van der Waals surface area contributed by atoms with E-state index < -0.39 is 0 Å². The maximum absolute atomic E-state index is 13.4. The Labute approximate surface area is 225 Å². The van der Waals surface area contributed by atoms with Crippen LogP contribution in [0, 0.1) is 0 Å². The van der Waals surface area contributed by atoms with Crippen LogP contribution in [0.1, 0.15) is 75.8 Å². The first kappa shape index (κ1) is 25.5. The van der Waals surface area contributed by atoms with Crippen molar-refractivity contribution < 1.29 is 9.21 Å². The van der Waals surface area contributed by atoms with Crippen LogP contribution < -0.4 is 5.32 Å². The zero-order valence-electron chi connectivity index (χ0n) is 20.3. The molecular weight excluding hydrogens is 514 g/mol. The van der Waals surface area contributed by atoms with E-state index in [0.29, 0.717) is 40.4 Å². The van der Waals surface area contributed by atoms with E-state index in [0.717, 1.165) is 42.2 Å². The number of hydrogen-bond acceptors (Lipinski definition) is 8. The Hall–Kier alpha value is -2.10. The second kappa shape index (κ2) is 12.4. The van der Waals surface area contributed by atoms with Crippen LogP contribution in [0.3, 0.4) is 0 Å². The molecule has 1 amide bonds. The van der Waals surface area contributed by atoms with Gasteiger partial charge in [0, 0.05) is 28.2 Å². The molecule has 2 aliphatic rings. The van der Waals surface area contributed by atoms with Crippen LogP contribution in [0.15, 0.2) is 39.3 Å². The third-order valence-corrected chi connectivity index (χ3v) is 8.80. The highest BCUT2D eigenvalue weighted by molar-refractivity contribution is 7.99. The predicted molar refractivity (Wildman–Crippen MR) is 145 cm³/mol. The molecule has 10 heteroatoms. The van der Waals surface area contributed by atoms with Gasteiger partial charge in [0.1, 0.15) is 0 Å². The van der Waals surface area contributed by atoms with Crippen molar-refractivity contribution in [3.05, 3.63) is 46.3 Å². The van der Waals surface area contributed by atoms with Crippen molar-refractivity contribution in [2.75, 3.05) is 11.1 Å². The molecule has 5 rings (SSSR count). The lowest BCUT2D eigenvalue weighted by Crippen LogP contribution is -2.49. The van der Waals surface area contributed by atoms with Gasteiger partial charge in [0.15, 0.2) is 5.13 Å². The minimum Gasteiger partial charge on any atom is -0.416 e. The molecule has 0 aliphatic heterocycles. The quantitative estimate of drug-likeness (QED) is 0.287. The largest absolute Gasteiger partial charge is 0.416 e. The van der Waals surface area contributed by atoms with Crippen LogP contribution in [0.5, 0.6) is 0 Å². The van der Waals surface area contributed by atoms with Gasteiger partial charge in [-0.2, -0.15) is 0 Å². The van der Waals surface area contributed by atoms with Crippen LogP contribution in [0.4, 0.5) is 10.8 Å². The second-order valence-electron chi connectivity index (χ2n) is 9.59. The van der Waals surface area contributed by atoms with Crippen molar-refractivity contribution >= 4 is 51.4 Å². The minimum atomic E-state index is 0.217. The molecular formula is C26H32ClN5O2S2. The van der Waals surface area contributed by atoms with Crippen molar-refractivity contribution in [2.45, 2.75) is 87.9 Å². The van der Waals surface area contributed by atoms with Gasteiger partial charge in [-0.25, -0.2) is 4.98 Å². The Kier molecular flexibility index (Phi) is 8.82. The van der Waals surface area contributed by atoms with Gasteiger partial charge in [-0.15, -0.1) is 21.5 Å². The molecule has 7 nitrogen and oxygen atoms in total. The Morgan fingerprint density at radius 3 is 2.50 bits per heavy atom. The molecule has 0 spiro atoms. The number of nitrogens with one attached hydrogen (secondary N) is 1. The van der Waals surface area contributed by atoms with Gasteiger partial charge in [0.05, 0.1) is 17.9 Å². The number of aromatic nitrogens is 3. The Bertz CT molecular complexity index is 1120. The molecule has 1 aromatic carbocycles. The summed E-state index contributed by atoms with van der Waals surface area (Å²) in [7, 11) is 0. The fourth-order valence-corrected chi connectivity index (χ4v) is 6.85. The summed E-state index contributed by atoms with van der Waals surface area (Å²) in [5, 5.41) is 15.5. The zero-order chi connectivity index (χ0) is 24.7. The van der Waals surface area contributed by atoms with Gasteiger partial charge in [-0.1, -0.05) is 68.0 Å². The molecule has 3 aromatic rings. The topological polar surface area (TPSA) is 84.2 Å². The molecule has 0 radical (unpaired) electrons. The first-order valence-electron chi connectivity index (χ1n) is 12.9. The summed E-state index contributed by atoms with van der Waals surface area (Å²) in [6.45, 7) is 0.